The Balaban J connectivity index is 1.71. The molecule has 33 heavy (non-hydrogen) atoms. The van der Waals surface area contributed by atoms with E-state index in [-0.39, 0.29) is 12.5 Å². The van der Waals surface area contributed by atoms with E-state index in [9.17, 15) is 9.59 Å². The number of aromatic nitrogens is 1. The summed E-state index contributed by atoms with van der Waals surface area (Å²) in [6.07, 6.45) is -0.603. The third-order valence-electron chi connectivity index (χ3n) is 4.52. The summed E-state index contributed by atoms with van der Waals surface area (Å²) >= 11 is 1.28. The molecule has 0 aliphatic rings. The number of hydrogen-bond donors (Lipinski definition) is 2. The molecule has 0 bridgehead atoms. The Hall–Kier alpha value is -3.63. The molecular weight excluding hydrogens is 446 g/mol. The molecule has 0 unspecified atom stereocenters. The summed E-state index contributed by atoms with van der Waals surface area (Å²) < 4.78 is 20.5. The van der Waals surface area contributed by atoms with Crippen molar-refractivity contribution in [1.82, 2.24) is 4.98 Å². The molecule has 2 N–H and O–H groups in total. The number of amides is 2. The third kappa shape index (κ3) is 6.21. The van der Waals surface area contributed by atoms with E-state index < -0.39 is 6.09 Å². The van der Waals surface area contributed by atoms with Crippen LogP contribution in [-0.2, 0) is 9.47 Å². The number of methoxy groups -OCH3 is 3. The lowest BCUT2D eigenvalue weighted by Crippen LogP contribution is -2.16. The average molecular weight is 472 g/mol. The molecule has 10 heteroatoms. The van der Waals surface area contributed by atoms with Crippen molar-refractivity contribution < 1.29 is 28.5 Å². The van der Waals surface area contributed by atoms with Crippen molar-refractivity contribution in [1.29, 1.82) is 0 Å². The van der Waals surface area contributed by atoms with Crippen LogP contribution in [0.5, 0.6) is 11.5 Å². The Morgan fingerprint density at radius 1 is 0.939 bits per heavy atom. The summed E-state index contributed by atoms with van der Waals surface area (Å²) in [5.74, 6) is 0.902. The molecule has 2 aromatic carbocycles. The SMILES string of the molecule is COCCOC(=O)Nc1cccc(NC(=O)c2sc(-c3ccc(OC)c(OC)c3)nc2C)c1. The number of nitrogens with one attached hydrogen (secondary N) is 2. The number of aryl methyl sites for hydroxylation is 1. The maximum absolute atomic E-state index is 12.9. The van der Waals surface area contributed by atoms with Crippen molar-refractivity contribution in [2.45, 2.75) is 6.92 Å². The van der Waals surface area contributed by atoms with Crippen LogP contribution >= 0.6 is 11.3 Å². The van der Waals surface area contributed by atoms with Crippen molar-refractivity contribution in [3.63, 3.8) is 0 Å². The van der Waals surface area contributed by atoms with E-state index in [0.29, 0.717) is 45.1 Å². The lowest BCUT2D eigenvalue weighted by molar-refractivity contribution is 0.102. The molecule has 3 rings (SSSR count). The predicted molar refractivity (Wildman–Crippen MR) is 127 cm³/mol. The summed E-state index contributed by atoms with van der Waals surface area (Å²) in [6.45, 7) is 2.23. The van der Waals surface area contributed by atoms with E-state index in [2.05, 4.69) is 15.6 Å². The zero-order valence-electron chi connectivity index (χ0n) is 18.8. The molecule has 2 amide bonds. The lowest BCUT2D eigenvalue weighted by Gasteiger charge is -2.09. The van der Waals surface area contributed by atoms with Gasteiger partial charge in [-0.05, 0) is 43.3 Å². The minimum atomic E-state index is -0.603. The monoisotopic (exact) mass is 471 g/mol. The number of rotatable bonds is 9. The topological polar surface area (TPSA) is 108 Å². The Morgan fingerprint density at radius 2 is 1.67 bits per heavy atom. The first-order valence-electron chi connectivity index (χ1n) is 9.99. The first-order valence-corrected chi connectivity index (χ1v) is 10.8. The molecule has 1 aromatic heterocycles. The fraction of sp³-hybridized carbons (Fsp3) is 0.261. The van der Waals surface area contributed by atoms with Gasteiger partial charge in [-0.15, -0.1) is 11.3 Å². The third-order valence-corrected chi connectivity index (χ3v) is 5.73. The van der Waals surface area contributed by atoms with E-state index in [1.807, 2.05) is 12.1 Å². The van der Waals surface area contributed by atoms with Crippen LogP contribution in [-0.4, -0.2) is 51.5 Å². The summed E-state index contributed by atoms with van der Waals surface area (Å²) in [4.78, 5) is 29.7. The van der Waals surface area contributed by atoms with Crippen molar-refractivity contribution in [3.8, 4) is 22.1 Å². The molecule has 0 atom stereocenters. The maximum Gasteiger partial charge on any atom is 0.411 e. The van der Waals surface area contributed by atoms with Gasteiger partial charge >= 0.3 is 6.09 Å². The standard InChI is InChI=1S/C23H25N3O6S/c1-14-20(33-22(24-14)15-8-9-18(30-3)19(12-15)31-4)21(27)25-16-6-5-7-17(13-16)26-23(28)32-11-10-29-2/h5-9,12-13H,10-11H2,1-4H3,(H,25,27)(H,26,28). The zero-order chi connectivity index (χ0) is 23.8. The van der Waals surface area contributed by atoms with Gasteiger partial charge in [-0.1, -0.05) is 6.07 Å². The van der Waals surface area contributed by atoms with Gasteiger partial charge in [-0.2, -0.15) is 0 Å². The van der Waals surface area contributed by atoms with Gasteiger partial charge in [0.1, 0.15) is 16.5 Å². The first kappa shape index (κ1) is 24.0. The van der Waals surface area contributed by atoms with E-state index in [4.69, 9.17) is 18.9 Å². The molecule has 174 valence electrons. The smallest absolute Gasteiger partial charge is 0.411 e. The van der Waals surface area contributed by atoms with Crippen LogP contribution in [0.1, 0.15) is 15.4 Å². The van der Waals surface area contributed by atoms with Crippen molar-refractivity contribution in [3.05, 3.63) is 53.0 Å². The largest absolute Gasteiger partial charge is 0.493 e. The van der Waals surface area contributed by atoms with Crippen molar-refractivity contribution in [2.24, 2.45) is 0 Å². The quantitative estimate of drug-likeness (QED) is 0.440. The molecule has 0 radical (unpaired) electrons. The van der Waals surface area contributed by atoms with E-state index in [0.717, 1.165) is 5.56 Å². The minimum absolute atomic E-state index is 0.145. The Labute approximate surface area is 195 Å². The number of carbonyl (C=O) groups is 2. The highest BCUT2D eigenvalue weighted by molar-refractivity contribution is 7.17. The van der Waals surface area contributed by atoms with Gasteiger partial charge < -0.3 is 24.3 Å². The van der Waals surface area contributed by atoms with E-state index in [1.54, 1.807) is 51.5 Å². The molecule has 0 saturated carbocycles. The molecule has 0 saturated heterocycles. The average Bonchev–Trinajstić information content (AvgIpc) is 3.20. The van der Waals surface area contributed by atoms with Crippen molar-refractivity contribution in [2.75, 3.05) is 45.2 Å². The minimum Gasteiger partial charge on any atom is -0.493 e. The van der Waals surface area contributed by atoms with Crippen LogP contribution in [0.15, 0.2) is 42.5 Å². The second-order valence-corrected chi connectivity index (χ2v) is 7.79. The van der Waals surface area contributed by atoms with Crippen LogP contribution in [0.2, 0.25) is 0 Å². The molecular formula is C23H25N3O6S. The van der Waals surface area contributed by atoms with Crippen LogP contribution in [0.25, 0.3) is 10.6 Å². The Bertz CT molecular complexity index is 1130. The van der Waals surface area contributed by atoms with Gasteiger partial charge in [0, 0.05) is 24.0 Å². The number of carbonyl (C=O) groups excluding carboxylic acids is 2. The molecule has 0 aliphatic heterocycles. The van der Waals surface area contributed by atoms with E-state index in [1.165, 1.54) is 18.4 Å². The lowest BCUT2D eigenvalue weighted by atomic mass is 10.2. The van der Waals surface area contributed by atoms with Gasteiger partial charge in [0.25, 0.3) is 5.91 Å². The van der Waals surface area contributed by atoms with Gasteiger partial charge in [0.05, 0.1) is 26.5 Å². The molecule has 0 aliphatic carbocycles. The molecule has 9 nitrogen and oxygen atoms in total. The number of benzene rings is 2. The van der Waals surface area contributed by atoms with Crippen LogP contribution in [0.4, 0.5) is 16.2 Å². The molecule has 0 fully saturated rings. The Kier molecular flexibility index (Phi) is 8.22. The normalized spacial score (nSPS) is 10.4. The van der Waals surface area contributed by atoms with E-state index >= 15 is 0 Å². The predicted octanol–water partition coefficient (Wildman–Crippen LogP) is 4.58. The molecule has 3 aromatic rings. The first-order chi connectivity index (χ1) is 15.9. The van der Waals surface area contributed by atoms with Crippen LogP contribution < -0.4 is 20.1 Å². The molecule has 0 spiro atoms. The van der Waals surface area contributed by atoms with Crippen LogP contribution in [0.3, 0.4) is 0 Å². The number of anilines is 2. The number of nitrogens with zero attached hydrogens (tertiary/aromatic N) is 1. The number of hydrogen-bond acceptors (Lipinski definition) is 8. The summed E-state index contributed by atoms with van der Waals surface area (Å²) in [5, 5.41) is 6.14. The van der Waals surface area contributed by atoms with Gasteiger partial charge in [-0.3, -0.25) is 10.1 Å². The highest BCUT2D eigenvalue weighted by Gasteiger charge is 2.18. The highest BCUT2D eigenvalue weighted by Crippen LogP contribution is 2.35. The number of ether oxygens (including phenoxy) is 4. The zero-order valence-corrected chi connectivity index (χ0v) is 19.6. The van der Waals surface area contributed by atoms with Gasteiger partial charge in [0.15, 0.2) is 11.5 Å². The number of thiazole rings is 1. The summed E-state index contributed by atoms with van der Waals surface area (Å²) in [5.41, 5.74) is 2.44. The fourth-order valence-electron chi connectivity index (χ4n) is 2.93. The Morgan fingerprint density at radius 3 is 2.36 bits per heavy atom. The maximum atomic E-state index is 12.9. The summed E-state index contributed by atoms with van der Waals surface area (Å²) in [7, 11) is 4.66. The van der Waals surface area contributed by atoms with Gasteiger partial charge in [-0.25, -0.2) is 9.78 Å². The van der Waals surface area contributed by atoms with Crippen LogP contribution in [0, 0.1) is 6.92 Å². The second kappa shape index (κ2) is 11.3. The van der Waals surface area contributed by atoms with Crippen molar-refractivity contribution >= 4 is 34.7 Å². The van der Waals surface area contributed by atoms with Gasteiger partial charge in [0.2, 0.25) is 0 Å². The molecule has 1 heterocycles. The second-order valence-electron chi connectivity index (χ2n) is 6.79. The summed E-state index contributed by atoms with van der Waals surface area (Å²) in [6, 6.07) is 12.3. The fourth-order valence-corrected chi connectivity index (χ4v) is 3.89. The highest BCUT2D eigenvalue weighted by atomic mass is 32.1.